The predicted molar refractivity (Wildman–Crippen MR) is 163 cm³/mol. The summed E-state index contributed by atoms with van der Waals surface area (Å²) in [4.78, 5) is 24.7. The normalized spacial score (nSPS) is 11.8. The molecule has 0 fully saturated rings. The van der Waals surface area contributed by atoms with Crippen LogP contribution in [0.5, 0.6) is 0 Å². The number of pyridine rings is 1. The second-order valence-electron chi connectivity index (χ2n) is 11.1. The third-order valence-corrected chi connectivity index (χ3v) is 9.91. The van der Waals surface area contributed by atoms with Crippen LogP contribution in [-0.4, -0.2) is 35.4 Å². The third-order valence-electron chi connectivity index (χ3n) is 6.57. The number of aliphatic hydroxyl groups is 1. The Kier molecular flexibility index (Phi) is 15.4. The second kappa shape index (κ2) is 16.8. The van der Waals surface area contributed by atoms with E-state index in [1.165, 1.54) is 21.0 Å². The maximum atomic E-state index is 11.7. The fourth-order valence-electron chi connectivity index (χ4n) is 4.17. The molecule has 3 heterocycles. The van der Waals surface area contributed by atoms with Gasteiger partial charge in [0.2, 0.25) is 0 Å². The molecule has 0 aromatic carbocycles. The van der Waals surface area contributed by atoms with E-state index in [4.69, 9.17) is 4.98 Å². The van der Waals surface area contributed by atoms with Crippen molar-refractivity contribution in [2.45, 2.75) is 94.4 Å². The van der Waals surface area contributed by atoms with E-state index in [0.29, 0.717) is 14.5 Å². The first-order valence-corrected chi connectivity index (χ1v) is 16.4. The summed E-state index contributed by atoms with van der Waals surface area (Å²) < 4.78 is 1.24. The van der Waals surface area contributed by atoms with E-state index in [1.807, 2.05) is 45.2 Å². The van der Waals surface area contributed by atoms with E-state index < -0.39 is 0 Å². The third kappa shape index (κ3) is 11.2. The quantitative estimate of drug-likeness (QED) is 0.0966. The number of hydrogen-bond acceptors (Lipinski definition) is 5. The van der Waals surface area contributed by atoms with E-state index >= 15 is 0 Å². The predicted octanol–water partition coefficient (Wildman–Crippen LogP) is 8.80. The van der Waals surface area contributed by atoms with Gasteiger partial charge in [-0.15, -0.1) is 0 Å². The van der Waals surface area contributed by atoms with Crippen molar-refractivity contribution in [2.24, 2.45) is 17.3 Å². The van der Waals surface area contributed by atoms with Gasteiger partial charge in [-0.25, -0.2) is 0 Å². The molecule has 0 atom stereocenters. The maximum absolute atomic E-state index is 11.7. The van der Waals surface area contributed by atoms with Crippen LogP contribution in [0.2, 0.25) is 0 Å². The van der Waals surface area contributed by atoms with Gasteiger partial charge < -0.3 is 5.11 Å². The molecule has 3 aromatic heterocycles. The molecule has 0 saturated carbocycles. The SMILES string of the molecule is CCC(CC)C(=O)/C=C(\O)C(CC)CC.Cc1[c-]c(-c2cc(-c3nc(C)c(CC(C)(C)C)s3)ccn2)[se]c1.[Ir]. The van der Waals surface area contributed by atoms with Crippen molar-refractivity contribution in [1.82, 2.24) is 9.97 Å². The summed E-state index contributed by atoms with van der Waals surface area (Å²) in [6, 6.07) is 7.65. The molecule has 0 aliphatic heterocycles. The minimum atomic E-state index is 0. The fourth-order valence-corrected chi connectivity index (χ4v) is 7.22. The molecule has 0 saturated heterocycles. The van der Waals surface area contributed by atoms with Crippen LogP contribution in [0.15, 0.2) is 35.1 Å². The number of ketones is 1. The van der Waals surface area contributed by atoms with Gasteiger partial charge in [0.25, 0.3) is 0 Å². The second-order valence-corrected chi connectivity index (χ2v) is 14.0. The number of allylic oxidation sites excluding steroid dienone is 2. The number of carbonyl (C=O) groups is 1. The summed E-state index contributed by atoms with van der Waals surface area (Å²) in [5, 5.41) is 10.9. The molecular weight excluding hydrogens is 748 g/mol. The summed E-state index contributed by atoms with van der Waals surface area (Å²) in [5.74, 6) is 0.547. The van der Waals surface area contributed by atoms with Crippen LogP contribution in [0, 0.1) is 37.2 Å². The van der Waals surface area contributed by atoms with Crippen molar-refractivity contribution in [1.29, 1.82) is 0 Å². The fraction of sp³-hybridized carbons (Fsp3) is 0.531. The molecule has 7 heteroatoms. The van der Waals surface area contributed by atoms with Crippen molar-refractivity contribution >= 4 is 31.6 Å². The van der Waals surface area contributed by atoms with Gasteiger partial charge in [0.15, 0.2) is 5.78 Å². The van der Waals surface area contributed by atoms with Gasteiger partial charge in [0.05, 0.1) is 5.76 Å². The molecule has 39 heavy (non-hydrogen) atoms. The van der Waals surface area contributed by atoms with E-state index in [1.54, 1.807) is 0 Å². The van der Waals surface area contributed by atoms with Crippen LogP contribution in [0.4, 0.5) is 0 Å². The van der Waals surface area contributed by atoms with Crippen molar-refractivity contribution in [3.63, 3.8) is 0 Å². The van der Waals surface area contributed by atoms with E-state index in [-0.39, 0.29) is 48.9 Å². The Labute approximate surface area is 259 Å². The molecule has 1 radical (unpaired) electrons. The van der Waals surface area contributed by atoms with E-state index in [2.05, 4.69) is 62.7 Å². The average molecular weight is 793 g/mol. The summed E-state index contributed by atoms with van der Waals surface area (Å²) in [6.07, 6.45) is 7.87. The Morgan fingerprint density at radius 3 is 2.23 bits per heavy atom. The Bertz CT molecular complexity index is 1200. The van der Waals surface area contributed by atoms with Crippen LogP contribution in [0.25, 0.3) is 20.7 Å². The Morgan fingerprint density at radius 1 is 1.10 bits per heavy atom. The summed E-state index contributed by atoms with van der Waals surface area (Å²) in [7, 11) is 0. The van der Waals surface area contributed by atoms with Gasteiger partial charge in [-0.2, -0.15) is 0 Å². The maximum Gasteiger partial charge on any atom is 0 e. The van der Waals surface area contributed by atoms with Crippen molar-refractivity contribution < 1.29 is 30.0 Å². The molecule has 0 spiro atoms. The van der Waals surface area contributed by atoms with Crippen LogP contribution < -0.4 is 0 Å². The number of aromatic nitrogens is 2. The smallest absolute Gasteiger partial charge is 0 e. The number of nitrogens with zero attached hydrogens (tertiary/aromatic N) is 2. The zero-order valence-corrected chi connectivity index (χ0v) is 29.9. The monoisotopic (exact) mass is 794 g/mol. The summed E-state index contributed by atoms with van der Waals surface area (Å²) >= 11 is 2.17. The molecule has 217 valence electrons. The first-order chi connectivity index (χ1) is 17.9. The van der Waals surface area contributed by atoms with Gasteiger partial charge in [-0.3, -0.25) is 4.79 Å². The number of aryl methyl sites for hydroxylation is 2. The van der Waals surface area contributed by atoms with Crippen molar-refractivity contribution in [3.05, 3.63) is 57.3 Å². The molecule has 4 nitrogen and oxygen atoms in total. The first kappa shape index (κ1) is 35.7. The van der Waals surface area contributed by atoms with Gasteiger partial charge >= 0.3 is 148 Å². The number of carbonyl (C=O) groups excluding carboxylic acids is 1. The zero-order valence-electron chi connectivity index (χ0n) is 25.0. The van der Waals surface area contributed by atoms with Gasteiger partial charge in [-0.05, 0) is 25.7 Å². The Morgan fingerprint density at radius 2 is 1.72 bits per heavy atom. The first-order valence-electron chi connectivity index (χ1n) is 13.8. The minimum absolute atomic E-state index is 0. The number of thiazole rings is 1. The average Bonchev–Trinajstić information content (AvgIpc) is 3.45. The molecule has 3 aromatic rings. The number of aliphatic hydroxyl groups excluding tert-OH is 1. The molecule has 0 aliphatic carbocycles. The number of rotatable bonds is 10. The Balaban J connectivity index is 0.000000418. The molecule has 0 bridgehead atoms. The molecular formula is C32H45IrN2O2SSe-. The van der Waals surface area contributed by atoms with Crippen LogP contribution >= 0.6 is 11.3 Å². The molecule has 3 rings (SSSR count). The van der Waals surface area contributed by atoms with E-state index in [9.17, 15) is 9.90 Å². The van der Waals surface area contributed by atoms with Crippen LogP contribution in [0.3, 0.4) is 0 Å². The van der Waals surface area contributed by atoms with Gasteiger partial charge in [-0.1, -0.05) is 27.7 Å². The Hall–Kier alpha value is -1.36. The van der Waals surface area contributed by atoms with E-state index in [0.717, 1.165) is 54.1 Å². The van der Waals surface area contributed by atoms with Crippen LogP contribution in [0.1, 0.15) is 90.3 Å². The summed E-state index contributed by atoms with van der Waals surface area (Å²) in [5.41, 5.74) is 4.88. The van der Waals surface area contributed by atoms with Crippen molar-refractivity contribution in [2.75, 3.05) is 0 Å². The number of hydrogen-bond donors (Lipinski definition) is 1. The van der Waals surface area contributed by atoms with Gasteiger partial charge in [0.1, 0.15) is 0 Å². The zero-order chi connectivity index (χ0) is 28.5. The molecule has 1 N–H and O–H groups in total. The summed E-state index contributed by atoms with van der Waals surface area (Å²) in [6.45, 7) is 19.1. The molecule has 0 unspecified atom stereocenters. The van der Waals surface area contributed by atoms with Gasteiger partial charge in [0, 0.05) is 38.0 Å². The topological polar surface area (TPSA) is 63.1 Å². The van der Waals surface area contributed by atoms with Crippen LogP contribution in [-0.2, 0) is 31.3 Å². The van der Waals surface area contributed by atoms with Crippen molar-refractivity contribution in [3.8, 4) is 20.7 Å². The molecule has 0 amide bonds. The minimum Gasteiger partial charge on any atom is 0 e. The largest absolute Gasteiger partial charge is 0 e. The standard InChI is InChI=1S/C19H21N2SSe.C13H24O2.Ir/c1-12-8-17(23-11-12)15-9-14(6-7-20-15)18-21-13(2)16(22-18)10-19(3,4)5;1-5-10(6-2)12(14)9-13(15)11(7-3)8-4;/h6-7,9,11H,10H2,1-5H3;9-11,14H,5-8H2,1-4H3;/q-1;;/b;12-9-;. The molecule has 0 aliphatic rings.